The van der Waals surface area contributed by atoms with E-state index in [1.807, 2.05) is 5.32 Å². The molecule has 0 rings (SSSR count). The van der Waals surface area contributed by atoms with E-state index in [2.05, 4.69) is 0 Å². The fourth-order valence-electron chi connectivity index (χ4n) is 0.296. The van der Waals surface area contributed by atoms with Crippen LogP contribution in [0.4, 0.5) is 13.2 Å². The molecule has 0 aliphatic heterocycles. The van der Waals surface area contributed by atoms with E-state index in [0.29, 0.717) is 0 Å². The standard InChI is InChI=1S/C5H6F3NO/c1-9-4(10)2-3(6)5(7)8/h2H2,1H3,(H,9,10). The van der Waals surface area contributed by atoms with Crippen molar-refractivity contribution in [2.75, 3.05) is 7.05 Å². The summed E-state index contributed by atoms with van der Waals surface area (Å²) in [5.41, 5.74) is 0. The Labute approximate surface area is 55.7 Å². The number of hydrogen-bond acceptors (Lipinski definition) is 1. The van der Waals surface area contributed by atoms with Crippen molar-refractivity contribution < 1.29 is 18.0 Å². The maximum Gasteiger partial charge on any atom is 0.302 e. The van der Waals surface area contributed by atoms with Crippen molar-refractivity contribution in [2.45, 2.75) is 6.42 Å². The second kappa shape index (κ2) is 3.92. The highest BCUT2D eigenvalue weighted by molar-refractivity contribution is 5.77. The van der Waals surface area contributed by atoms with E-state index in [1.54, 1.807) is 0 Å². The Balaban J connectivity index is 3.92. The second-order valence-electron chi connectivity index (χ2n) is 1.52. The summed E-state index contributed by atoms with van der Waals surface area (Å²) in [4.78, 5) is 10.2. The van der Waals surface area contributed by atoms with Crippen molar-refractivity contribution in [3.8, 4) is 0 Å². The van der Waals surface area contributed by atoms with Gasteiger partial charge in [0.15, 0.2) is 5.83 Å². The van der Waals surface area contributed by atoms with Crippen LogP contribution in [0.2, 0.25) is 0 Å². The number of hydrogen-bond donors (Lipinski definition) is 1. The SMILES string of the molecule is CNC(=O)CC(F)=C(F)F. The minimum atomic E-state index is -2.44. The van der Waals surface area contributed by atoms with Gasteiger partial charge in [-0.15, -0.1) is 0 Å². The summed E-state index contributed by atoms with van der Waals surface area (Å²) in [6.45, 7) is 0. The first-order valence-corrected chi connectivity index (χ1v) is 2.48. The van der Waals surface area contributed by atoms with Crippen LogP contribution in [0.3, 0.4) is 0 Å². The predicted molar refractivity (Wildman–Crippen MR) is 29.0 cm³/mol. The van der Waals surface area contributed by atoms with E-state index in [0.717, 1.165) is 0 Å². The lowest BCUT2D eigenvalue weighted by Gasteiger charge is -1.93. The van der Waals surface area contributed by atoms with Crippen LogP contribution in [0.5, 0.6) is 0 Å². The quantitative estimate of drug-likeness (QED) is 0.634. The molecule has 58 valence electrons. The van der Waals surface area contributed by atoms with Gasteiger partial charge < -0.3 is 5.32 Å². The Bertz CT molecular complexity index is 162. The van der Waals surface area contributed by atoms with E-state index in [4.69, 9.17) is 0 Å². The highest BCUT2D eigenvalue weighted by Crippen LogP contribution is 2.12. The molecule has 0 atom stereocenters. The molecule has 0 heterocycles. The fraction of sp³-hybridized carbons (Fsp3) is 0.400. The van der Waals surface area contributed by atoms with Crippen LogP contribution < -0.4 is 5.32 Å². The summed E-state index contributed by atoms with van der Waals surface area (Å²) < 4.78 is 34.3. The van der Waals surface area contributed by atoms with Gasteiger partial charge in [-0.05, 0) is 0 Å². The second-order valence-corrected chi connectivity index (χ2v) is 1.52. The Morgan fingerprint density at radius 3 is 2.20 bits per heavy atom. The molecule has 0 aliphatic rings. The molecule has 0 aromatic carbocycles. The average molecular weight is 153 g/mol. The first-order valence-electron chi connectivity index (χ1n) is 2.48. The summed E-state index contributed by atoms with van der Waals surface area (Å²) in [5, 5.41) is 2.00. The van der Waals surface area contributed by atoms with Crippen LogP contribution in [-0.4, -0.2) is 13.0 Å². The smallest absolute Gasteiger partial charge is 0.302 e. The number of nitrogens with one attached hydrogen (secondary N) is 1. The van der Waals surface area contributed by atoms with Gasteiger partial charge in [0.1, 0.15) is 0 Å². The number of halogens is 3. The van der Waals surface area contributed by atoms with Gasteiger partial charge in [0, 0.05) is 7.05 Å². The molecule has 0 saturated heterocycles. The van der Waals surface area contributed by atoms with E-state index < -0.39 is 24.2 Å². The van der Waals surface area contributed by atoms with E-state index in [-0.39, 0.29) is 0 Å². The third kappa shape index (κ3) is 3.11. The maximum absolute atomic E-state index is 11.8. The Morgan fingerprint density at radius 2 is 1.90 bits per heavy atom. The molecule has 0 bridgehead atoms. The molecule has 1 amide bonds. The van der Waals surface area contributed by atoms with Crippen LogP contribution in [0, 0.1) is 0 Å². The van der Waals surface area contributed by atoms with Crippen LogP contribution in [-0.2, 0) is 4.79 Å². The fourth-order valence-corrected chi connectivity index (χ4v) is 0.296. The third-order valence-electron chi connectivity index (χ3n) is 0.800. The van der Waals surface area contributed by atoms with E-state index in [9.17, 15) is 18.0 Å². The molecule has 0 aromatic rings. The Kier molecular flexibility index (Phi) is 3.53. The van der Waals surface area contributed by atoms with Gasteiger partial charge in [0.05, 0.1) is 6.42 Å². The summed E-state index contributed by atoms with van der Waals surface area (Å²) >= 11 is 0. The summed E-state index contributed by atoms with van der Waals surface area (Å²) in [7, 11) is 1.24. The molecule has 5 heteroatoms. The lowest BCUT2D eigenvalue weighted by Crippen LogP contribution is -2.17. The molecule has 10 heavy (non-hydrogen) atoms. The number of amides is 1. The molecule has 0 radical (unpaired) electrons. The van der Waals surface area contributed by atoms with Crippen molar-refractivity contribution in [1.82, 2.24) is 5.32 Å². The molecule has 1 N–H and O–H groups in total. The molecule has 2 nitrogen and oxygen atoms in total. The largest absolute Gasteiger partial charge is 0.359 e. The molecule has 0 saturated carbocycles. The third-order valence-corrected chi connectivity index (χ3v) is 0.800. The summed E-state index contributed by atoms with van der Waals surface area (Å²) in [6, 6.07) is 0. The first-order chi connectivity index (χ1) is 4.57. The van der Waals surface area contributed by atoms with Gasteiger partial charge in [0.2, 0.25) is 5.91 Å². The zero-order chi connectivity index (χ0) is 8.15. The summed E-state index contributed by atoms with van der Waals surface area (Å²) in [6.07, 6.45) is -3.33. The number of rotatable bonds is 2. The van der Waals surface area contributed by atoms with Crippen LogP contribution >= 0.6 is 0 Å². The van der Waals surface area contributed by atoms with Gasteiger partial charge in [-0.2, -0.15) is 8.78 Å². The molecular weight excluding hydrogens is 147 g/mol. The van der Waals surface area contributed by atoms with Crippen LogP contribution in [0.1, 0.15) is 6.42 Å². The van der Waals surface area contributed by atoms with Crippen LogP contribution in [0.15, 0.2) is 11.9 Å². The van der Waals surface area contributed by atoms with Crippen molar-refractivity contribution in [3.63, 3.8) is 0 Å². The molecule has 0 unspecified atom stereocenters. The predicted octanol–water partition coefficient (Wildman–Crippen LogP) is 1.20. The molecule has 0 aromatic heterocycles. The Hall–Kier alpha value is -1.00. The average Bonchev–Trinajstić information content (AvgIpc) is 1.87. The van der Waals surface area contributed by atoms with Crippen molar-refractivity contribution in [1.29, 1.82) is 0 Å². The van der Waals surface area contributed by atoms with Gasteiger partial charge in [-0.1, -0.05) is 0 Å². The van der Waals surface area contributed by atoms with Gasteiger partial charge in [-0.3, -0.25) is 4.79 Å². The molecule has 0 aliphatic carbocycles. The Morgan fingerprint density at radius 1 is 1.40 bits per heavy atom. The highest BCUT2D eigenvalue weighted by atomic mass is 19.3. The normalized spacial score (nSPS) is 8.80. The number of carbonyl (C=O) groups is 1. The maximum atomic E-state index is 11.8. The van der Waals surface area contributed by atoms with Crippen molar-refractivity contribution in [2.24, 2.45) is 0 Å². The molecule has 0 spiro atoms. The lowest BCUT2D eigenvalue weighted by molar-refractivity contribution is -0.120. The van der Waals surface area contributed by atoms with Crippen molar-refractivity contribution >= 4 is 5.91 Å². The highest BCUT2D eigenvalue weighted by Gasteiger charge is 2.08. The number of carbonyl (C=O) groups excluding carboxylic acids is 1. The zero-order valence-electron chi connectivity index (χ0n) is 5.25. The first kappa shape index (κ1) is 9.00. The minimum Gasteiger partial charge on any atom is -0.359 e. The molecular formula is C5H6F3NO. The molecule has 0 fully saturated rings. The van der Waals surface area contributed by atoms with Crippen molar-refractivity contribution in [3.05, 3.63) is 11.9 Å². The van der Waals surface area contributed by atoms with Gasteiger partial charge in [-0.25, -0.2) is 4.39 Å². The zero-order valence-corrected chi connectivity index (χ0v) is 5.25. The topological polar surface area (TPSA) is 29.1 Å². The van der Waals surface area contributed by atoms with Gasteiger partial charge >= 0.3 is 6.08 Å². The summed E-state index contributed by atoms with van der Waals surface area (Å²) in [5.74, 6) is -2.45. The lowest BCUT2D eigenvalue weighted by atomic mass is 10.4. The minimum absolute atomic E-state index is 0.773. The van der Waals surface area contributed by atoms with E-state index in [1.165, 1.54) is 7.05 Å². The van der Waals surface area contributed by atoms with E-state index >= 15 is 0 Å². The van der Waals surface area contributed by atoms with Gasteiger partial charge in [0.25, 0.3) is 0 Å². The monoisotopic (exact) mass is 153 g/mol. The van der Waals surface area contributed by atoms with Crippen LogP contribution in [0.25, 0.3) is 0 Å².